The van der Waals surface area contributed by atoms with Gasteiger partial charge in [0.25, 0.3) is 0 Å². The standard InChI is InChI=1S/C13H25NO2/c1-9(10(2)15)14-8-4-6-12(14)11-5-3-7-13(11)16/h9-13,15-16H,3-8H2,1-2H3. The van der Waals surface area contributed by atoms with Gasteiger partial charge < -0.3 is 10.2 Å². The van der Waals surface area contributed by atoms with Crippen LogP contribution in [-0.4, -0.2) is 45.9 Å². The fourth-order valence-corrected chi connectivity index (χ4v) is 3.48. The number of hydrogen-bond donors (Lipinski definition) is 2. The van der Waals surface area contributed by atoms with Crippen molar-refractivity contribution in [3.8, 4) is 0 Å². The maximum Gasteiger partial charge on any atom is 0.0664 e. The lowest BCUT2D eigenvalue weighted by Gasteiger charge is -2.36. The van der Waals surface area contributed by atoms with Crippen LogP contribution in [0.3, 0.4) is 0 Å². The van der Waals surface area contributed by atoms with Crippen LogP contribution in [0.4, 0.5) is 0 Å². The Morgan fingerprint density at radius 1 is 1.12 bits per heavy atom. The molecule has 0 radical (unpaired) electrons. The molecule has 0 spiro atoms. The van der Waals surface area contributed by atoms with Crippen LogP contribution >= 0.6 is 0 Å². The highest BCUT2D eigenvalue weighted by Gasteiger charge is 2.40. The lowest BCUT2D eigenvalue weighted by molar-refractivity contribution is 0.0193. The van der Waals surface area contributed by atoms with E-state index in [4.69, 9.17) is 0 Å². The predicted molar refractivity (Wildman–Crippen MR) is 64.2 cm³/mol. The molecule has 0 aromatic heterocycles. The summed E-state index contributed by atoms with van der Waals surface area (Å²) in [5, 5.41) is 19.7. The number of likely N-dealkylation sites (tertiary alicyclic amines) is 1. The third kappa shape index (κ3) is 2.27. The number of aliphatic hydroxyl groups excluding tert-OH is 2. The average Bonchev–Trinajstić information content (AvgIpc) is 2.84. The van der Waals surface area contributed by atoms with Crippen LogP contribution < -0.4 is 0 Å². The fraction of sp³-hybridized carbons (Fsp3) is 1.00. The molecule has 16 heavy (non-hydrogen) atoms. The van der Waals surface area contributed by atoms with E-state index in [1.807, 2.05) is 6.92 Å². The van der Waals surface area contributed by atoms with Crippen LogP contribution in [0, 0.1) is 5.92 Å². The van der Waals surface area contributed by atoms with E-state index in [0.717, 1.165) is 19.4 Å². The predicted octanol–water partition coefficient (Wildman–Crippen LogP) is 1.38. The highest BCUT2D eigenvalue weighted by atomic mass is 16.3. The second kappa shape index (κ2) is 5.03. The van der Waals surface area contributed by atoms with Gasteiger partial charge in [-0.25, -0.2) is 0 Å². The average molecular weight is 227 g/mol. The zero-order chi connectivity index (χ0) is 11.7. The Morgan fingerprint density at radius 3 is 2.44 bits per heavy atom. The van der Waals surface area contributed by atoms with E-state index in [1.165, 1.54) is 19.3 Å². The van der Waals surface area contributed by atoms with Crippen molar-refractivity contribution in [2.45, 2.75) is 70.2 Å². The molecule has 5 atom stereocenters. The number of nitrogens with zero attached hydrogens (tertiary/aromatic N) is 1. The largest absolute Gasteiger partial charge is 0.393 e. The van der Waals surface area contributed by atoms with Crippen molar-refractivity contribution in [2.75, 3.05) is 6.54 Å². The molecule has 5 unspecified atom stereocenters. The summed E-state index contributed by atoms with van der Waals surface area (Å²) in [5.41, 5.74) is 0. The van der Waals surface area contributed by atoms with Crippen molar-refractivity contribution < 1.29 is 10.2 Å². The molecule has 1 aliphatic carbocycles. The first kappa shape index (κ1) is 12.3. The summed E-state index contributed by atoms with van der Waals surface area (Å²) in [4.78, 5) is 2.42. The lowest BCUT2D eigenvalue weighted by atomic mass is 9.93. The summed E-state index contributed by atoms with van der Waals surface area (Å²) < 4.78 is 0. The quantitative estimate of drug-likeness (QED) is 0.765. The van der Waals surface area contributed by atoms with Crippen molar-refractivity contribution >= 4 is 0 Å². The molecule has 1 saturated carbocycles. The van der Waals surface area contributed by atoms with Gasteiger partial charge in [0.15, 0.2) is 0 Å². The van der Waals surface area contributed by atoms with Gasteiger partial charge in [-0.2, -0.15) is 0 Å². The Labute approximate surface area is 98.5 Å². The molecule has 1 saturated heterocycles. The summed E-state index contributed by atoms with van der Waals surface area (Å²) >= 11 is 0. The molecule has 0 amide bonds. The number of rotatable bonds is 3. The molecule has 2 aliphatic rings. The molecule has 2 rings (SSSR count). The van der Waals surface area contributed by atoms with Gasteiger partial charge in [0.05, 0.1) is 12.2 Å². The lowest BCUT2D eigenvalue weighted by Crippen LogP contribution is -2.47. The molecule has 3 nitrogen and oxygen atoms in total. The minimum Gasteiger partial charge on any atom is -0.393 e. The van der Waals surface area contributed by atoms with E-state index in [1.54, 1.807) is 0 Å². The van der Waals surface area contributed by atoms with E-state index in [2.05, 4.69) is 11.8 Å². The topological polar surface area (TPSA) is 43.7 Å². The van der Waals surface area contributed by atoms with Crippen molar-refractivity contribution in [2.24, 2.45) is 5.92 Å². The van der Waals surface area contributed by atoms with Crippen LogP contribution in [0.15, 0.2) is 0 Å². The molecular weight excluding hydrogens is 202 g/mol. The molecule has 3 heteroatoms. The summed E-state index contributed by atoms with van der Waals surface area (Å²) in [6, 6.07) is 0.724. The Morgan fingerprint density at radius 2 is 1.88 bits per heavy atom. The van der Waals surface area contributed by atoms with Gasteiger partial charge in [0.1, 0.15) is 0 Å². The molecule has 1 aliphatic heterocycles. The molecule has 2 N–H and O–H groups in total. The van der Waals surface area contributed by atoms with Gasteiger partial charge in [0, 0.05) is 18.0 Å². The number of hydrogen-bond acceptors (Lipinski definition) is 3. The SMILES string of the molecule is CC(O)C(C)N1CCCC1C1CCCC1O. The molecular formula is C13H25NO2. The van der Waals surface area contributed by atoms with E-state index in [0.29, 0.717) is 12.0 Å². The Bertz CT molecular complexity index is 232. The fourth-order valence-electron chi connectivity index (χ4n) is 3.48. The third-order valence-electron chi connectivity index (χ3n) is 4.59. The summed E-state index contributed by atoms with van der Waals surface area (Å²) in [6.07, 6.45) is 5.32. The van der Waals surface area contributed by atoms with Crippen molar-refractivity contribution in [1.82, 2.24) is 4.90 Å². The normalized spacial score (nSPS) is 40.1. The monoisotopic (exact) mass is 227 g/mol. The van der Waals surface area contributed by atoms with Crippen LogP contribution in [0.1, 0.15) is 46.0 Å². The minimum absolute atomic E-state index is 0.105. The Balaban J connectivity index is 2.02. The van der Waals surface area contributed by atoms with Crippen LogP contribution in [-0.2, 0) is 0 Å². The highest BCUT2D eigenvalue weighted by molar-refractivity contribution is 4.94. The smallest absolute Gasteiger partial charge is 0.0664 e. The molecule has 1 heterocycles. The molecule has 0 bridgehead atoms. The highest BCUT2D eigenvalue weighted by Crippen LogP contribution is 2.36. The van der Waals surface area contributed by atoms with Gasteiger partial charge in [-0.1, -0.05) is 6.42 Å². The molecule has 2 fully saturated rings. The van der Waals surface area contributed by atoms with Crippen LogP contribution in [0.5, 0.6) is 0 Å². The first-order chi connectivity index (χ1) is 7.61. The maximum atomic E-state index is 10.00. The zero-order valence-corrected chi connectivity index (χ0v) is 10.5. The first-order valence-electron chi connectivity index (χ1n) is 6.73. The first-order valence-corrected chi connectivity index (χ1v) is 6.73. The molecule has 0 aromatic carbocycles. The Hall–Kier alpha value is -0.120. The maximum absolute atomic E-state index is 10.00. The minimum atomic E-state index is -0.279. The third-order valence-corrected chi connectivity index (χ3v) is 4.59. The second-order valence-corrected chi connectivity index (χ2v) is 5.59. The van der Waals surface area contributed by atoms with E-state index in [-0.39, 0.29) is 18.2 Å². The van der Waals surface area contributed by atoms with E-state index < -0.39 is 0 Å². The van der Waals surface area contributed by atoms with Gasteiger partial charge >= 0.3 is 0 Å². The number of aliphatic hydroxyl groups is 2. The van der Waals surface area contributed by atoms with Crippen molar-refractivity contribution in [1.29, 1.82) is 0 Å². The zero-order valence-electron chi connectivity index (χ0n) is 10.5. The summed E-state index contributed by atoms with van der Waals surface area (Å²) in [5.74, 6) is 0.448. The summed E-state index contributed by atoms with van der Waals surface area (Å²) in [6.45, 7) is 5.05. The van der Waals surface area contributed by atoms with Crippen LogP contribution in [0.2, 0.25) is 0 Å². The van der Waals surface area contributed by atoms with Gasteiger partial charge in [0.2, 0.25) is 0 Å². The molecule has 94 valence electrons. The Kier molecular flexibility index (Phi) is 3.88. The van der Waals surface area contributed by atoms with Gasteiger partial charge in [-0.15, -0.1) is 0 Å². The van der Waals surface area contributed by atoms with E-state index in [9.17, 15) is 10.2 Å². The van der Waals surface area contributed by atoms with Gasteiger partial charge in [-0.05, 0) is 46.1 Å². The van der Waals surface area contributed by atoms with E-state index >= 15 is 0 Å². The summed E-state index contributed by atoms with van der Waals surface area (Å²) in [7, 11) is 0. The molecule has 0 aromatic rings. The van der Waals surface area contributed by atoms with Crippen molar-refractivity contribution in [3.05, 3.63) is 0 Å². The van der Waals surface area contributed by atoms with Crippen molar-refractivity contribution in [3.63, 3.8) is 0 Å². The van der Waals surface area contributed by atoms with Gasteiger partial charge in [-0.3, -0.25) is 4.90 Å². The second-order valence-electron chi connectivity index (χ2n) is 5.59. The van der Waals surface area contributed by atoms with Crippen LogP contribution in [0.25, 0.3) is 0 Å².